The van der Waals surface area contributed by atoms with E-state index in [1.54, 1.807) is 31.2 Å². The van der Waals surface area contributed by atoms with Gasteiger partial charge in [0.25, 0.3) is 0 Å². The van der Waals surface area contributed by atoms with E-state index in [4.69, 9.17) is 28.6 Å². The first-order valence-corrected chi connectivity index (χ1v) is 10.2. The third-order valence-electron chi connectivity index (χ3n) is 4.50. The number of benzene rings is 1. The minimum atomic E-state index is -0.460. The van der Waals surface area contributed by atoms with Crippen molar-refractivity contribution in [1.82, 2.24) is 4.40 Å². The van der Waals surface area contributed by atoms with Gasteiger partial charge in [-0.15, -0.1) is 0 Å². The minimum Gasteiger partial charge on any atom is -0.871 e. The van der Waals surface area contributed by atoms with Gasteiger partial charge in [0.1, 0.15) is 4.20 Å². The molecule has 4 rings (SSSR count). The zero-order valence-corrected chi connectivity index (χ0v) is 21.6. The predicted molar refractivity (Wildman–Crippen MR) is 116 cm³/mol. The number of carbonyl (C=O) groups is 1. The Morgan fingerprint density at radius 2 is 1.97 bits per heavy atom. The molecule has 4 nitrogen and oxygen atoms in total. The van der Waals surface area contributed by atoms with Crippen LogP contribution in [0.25, 0.3) is 16.2 Å². The number of aromatic nitrogens is 1. The maximum absolute atomic E-state index is 13.2. The molecule has 0 fully saturated rings. The summed E-state index contributed by atoms with van der Waals surface area (Å²) >= 11 is 12.7. The molecule has 0 saturated heterocycles. The number of hydrogen-bond donors (Lipinski definition) is 0. The Balaban J connectivity index is 0.00000240. The average Bonchev–Trinajstić information content (AvgIpc) is 3.17. The molecular weight excluding hydrogens is 453 g/mol. The first-order valence-electron chi connectivity index (χ1n) is 8.64. The second-order valence-corrected chi connectivity index (χ2v) is 8.46. The number of nitrogens with zero attached hydrogens (tertiary/aromatic N) is 1. The number of thioether (sulfide) groups is 1. The molecule has 0 aliphatic carbocycles. The monoisotopic (exact) mass is 467 g/mol. The van der Waals surface area contributed by atoms with Gasteiger partial charge in [0.15, 0.2) is 0 Å². The van der Waals surface area contributed by atoms with Crippen molar-refractivity contribution in [2.24, 2.45) is 0 Å². The van der Waals surface area contributed by atoms with Crippen molar-refractivity contribution in [3.63, 3.8) is 0 Å². The van der Waals surface area contributed by atoms with Crippen molar-refractivity contribution < 1.29 is 66.0 Å². The van der Waals surface area contributed by atoms with Crippen molar-refractivity contribution in [3.8, 4) is 0 Å². The van der Waals surface area contributed by atoms with E-state index in [0.717, 1.165) is 5.56 Å². The number of hydrogen-bond acceptors (Lipinski definition) is 5. The van der Waals surface area contributed by atoms with Crippen LogP contribution >= 0.6 is 35.6 Å². The molecule has 3 aromatic rings. The predicted octanol–water partition coefficient (Wildman–Crippen LogP) is 1.69. The Morgan fingerprint density at radius 1 is 1.28 bits per heavy atom. The molecule has 0 N–H and O–H groups in total. The number of thiocarbonyl (C=S) groups is 1. The largest absolute Gasteiger partial charge is 1.00 e. The van der Waals surface area contributed by atoms with E-state index in [0.29, 0.717) is 42.0 Å². The molecule has 29 heavy (non-hydrogen) atoms. The van der Waals surface area contributed by atoms with E-state index in [1.807, 2.05) is 29.7 Å². The second-order valence-electron chi connectivity index (χ2n) is 6.33. The smallest absolute Gasteiger partial charge is 0.871 e. The van der Waals surface area contributed by atoms with Crippen LogP contribution in [0.2, 0.25) is 5.02 Å². The summed E-state index contributed by atoms with van der Waals surface area (Å²) in [4.78, 5) is 13.3. The number of ether oxygens (including phenoxy) is 1. The van der Waals surface area contributed by atoms with Crippen LogP contribution in [0.1, 0.15) is 39.7 Å². The number of pyridine rings is 1. The normalized spacial score (nSPS) is 14.5. The molecule has 0 saturated carbocycles. The van der Waals surface area contributed by atoms with Crippen LogP contribution in [-0.4, -0.2) is 21.2 Å². The fourth-order valence-corrected chi connectivity index (χ4v) is 4.85. The van der Waals surface area contributed by atoms with Gasteiger partial charge in [-0.3, -0.25) is 0 Å². The number of aryl methyl sites for hydroxylation is 1. The van der Waals surface area contributed by atoms with Crippen molar-refractivity contribution in [3.05, 3.63) is 75.6 Å². The summed E-state index contributed by atoms with van der Waals surface area (Å²) in [7, 11) is 0. The maximum atomic E-state index is 13.2. The first-order chi connectivity index (χ1) is 13.4. The number of rotatable bonds is 3. The van der Waals surface area contributed by atoms with Crippen LogP contribution in [0.15, 0.2) is 42.6 Å². The molecule has 1 aliphatic heterocycles. The van der Waals surface area contributed by atoms with E-state index in [2.05, 4.69) is 0 Å². The first kappa shape index (κ1) is 23.0. The SMILES string of the molecule is CCOC(=O)c1c2c(n3ccc(C)cc13)C(=S)S/C2=C(/[O-])c1ccc(Cl)cc1.[K+]. The van der Waals surface area contributed by atoms with Gasteiger partial charge >= 0.3 is 57.4 Å². The minimum absolute atomic E-state index is 0. The summed E-state index contributed by atoms with van der Waals surface area (Å²) in [6.07, 6.45) is 1.87. The molecular formula is C21H15ClKNO3S2. The Bertz CT molecular complexity index is 1170. The van der Waals surface area contributed by atoms with Gasteiger partial charge in [-0.1, -0.05) is 53.5 Å². The molecule has 0 bridgehead atoms. The molecule has 142 valence electrons. The van der Waals surface area contributed by atoms with Gasteiger partial charge in [-0.25, -0.2) is 4.79 Å². The summed E-state index contributed by atoms with van der Waals surface area (Å²) < 4.78 is 7.72. The molecule has 0 amide bonds. The zero-order valence-electron chi connectivity index (χ0n) is 16.1. The van der Waals surface area contributed by atoms with E-state index in [-0.39, 0.29) is 63.8 Å². The third-order valence-corrected chi connectivity index (χ3v) is 6.17. The van der Waals surface area contributed by atoms with Crippen LogP contribution in [0, 0.1) is 6.92 Å². The quantitative estimate of drug-likeness (QED) is 0.254. The number of fused-ring (bicyclic) bond motifs is 3. The molecule has 0 atom stereocenters. The molecule has 3 heterocycles. The van der Waals surface area contributed by atoms with Gasteiger partial charge in [0, 0.05) is 21.7 Å². The van der Waals surface area contributed by atoms with Crippen molar-refractivity contribution in [2.75, 3.05) is 6.61 Å². The van der Waals surface area contributed by atoms with Crippen LogP contribution in [-0.2, 0) is 4.74 Å². The van der Waals surface area contributed by atoms with E-state index in [1.165, 1.54) is 11.8 Å². The molecule has 0 radical (unpaired) electrons. The van der Waals surface area contributed by atoms with Crippen molar-refractivity contribution in [2.45, 2.75) is 13.8 Å². The third kappa shape index (κ3) is 4.12. The van der Waals surface area contributed by atoms with E-state index >= 15 is 0 Å². The van der Waals surface area contributed by atoms with Gasteiger partial charge in [-0.05, 0) is 49.2 Å². The second kappa shape index (κ2) is 9.24. The summed E-state index contributed by atoms with van der Waals surface area (Å²) in [6.45, 7) is 3.95. The number of halogens is 1. The van der Waals surface area contributed by atoms with E-state index in [9.17, 15) is 9.90 Å². The maximum Gasteiger partial charge on any atom is 1.00 e. The van der Waals surface area contributed by atoms with Gasteiger partial charge < -0.3 is 14.2 Å². The number of esters is 1. The van der Waals surface area contributed by atoms with Crippen LogP contribution in [0.4, 0.5) is 0 Å². The van der Waals surface area contributed by atoms with Gasteiger partial charge in [0.2, 0.25) is 0 Å². The van der Waals surface area contributed by atoms with Crippen molar-refractivity contribution >= 4 is 61.9 Å². The Morgan fingerprint density at radius 3 is 2.62 bits per heavy atom. The fourth-order valence-electron chi connectivity index (χ4n) is 3.28. The molecule has 1 aromatic carbocycles. The average molecular weight is 468 g/mol. The van der Waals surface area contributed by atoms with Gasteiger partial charge in [0.05, 0.1) is 23.4 Å². The Labute approximate surface area is 225 Å². The Kier molecular flexibility index (Phi) is 7.34. The van der Waals surface area contributed by atoms with Crippen LogP contribution < -0.4 is 56.5 Å². The topological polar surface area (TPSA) is 53.8 Å². The fraction of sp³-hybridized carbons (Fsp3) is 0.143. The molecule has 0 spiro atoms. The molecule has 1 aliphatic rings. The van der Waals surface area contributed by atoms with Crippen molar-refractivity contribution in [1.29, 1.82) is 0 Å². The molecule has 2 aromatic heterocycles. The van der Waals surface area contributed by atoms with Crippen LogP contribution in [0.3, 0.4) is 0 Å². The summed E-state index contributed by atoms with van der Waals surface area (Å²) in [5.74, 6) is -0.653. The summed E-state index contributed by atoms with van der Waals surface area (Å²) in [5.41, 5.74) is 3.80. The molecule has 8 heteroatoms. The van der Waals surface area contributed by atoms with Crippen LogP contribution in [0.5, 0.6) is 0 Å². The molecule has 0 unspecified atom stereocenters. The zero-order chi connectivity index (χ0) is 20.0. The standard InChI is InChI=1S/C21H16ClNO3S2.K/c1-3-26-20(25)15-14-10-11(2)8-9-23(14)17-16(15)19(28-21(17)27)18(24)12-4-6-13(22)7-5-12;/h4-10,24H,3H2,1-2H3;/q;+1/p-1/b19-18+;. The number of carbonyl (C=O) groups excluding carboxylic acids is 1. The summed E-state index contributed by atoms with van der Waals surface area (Å²) in [6, 6.07) is 10.5. The summed E-state index contributed by atoms with van der Waals surface area (Å²) in [5, 5.41) is 13.8. The van der Waals surface area contributed by atoms with Gasteiger partial charge in [-0.2, -0.15) is 0 Å². The Hall–Kier alpha value is -0.644. The van der Waals surface area contributed by atoms with E-state index < -0.39 is 5.97 Å².